The van der Waals surface area contributed by atoms with E-state index in [2.05, 4.69) is 16.8 Å². The Hall–Kier alpha value is 0.350. The topological polar surface area (TPSA) is 43.8 Å². The highest BCUT2D eigenvalue weighted by atomic mass is 79.9. The zero-order valence-corrected chi connectivity index (χ0v) is 13.6. The van der Waals surface area contributed by atoms with Gasteiger partial charge >= 0.3 is 5.97 Å². The van der Waals surface area contributed by atoms with Gasteiger partial charge in [0.15, 0.2) is 0 Å². The maximum Gasteiger partial charge on any atom is 0.324 e. The summed E-state index contributed by atoms with van der Waals surface area (Å²) in [5, 5.41) is 9.43. The number of hydrogen-bond acceptors (Lipinski definition) is 3. The van der Waals surface area contributed by atoms with Gasteiger partial charge in [-0.25, -0.2) is 0 Å². The molecule has 1 saturated carbocycles. The smallest absolute Gasteiger partial charge is 0.324 e. The van der Waals surface area contributed by atoms with E-state index in [0.29, 0.717) is 0 Å². The fourth-order valence-electron chi connectivity index (χ4n) is 2.86. The molecule has 17 heavy (non-hydrogen) atoms. The number of hydrogen-bond donors (Lipinski definition) is 1. The van der Waals surface area contributed by atoms with Crippen molar-refractivity contribution in [1.29, 1.82) is 0 Å². The molecule has 1 heterocycles. The summed E-state index contributed by atoms with van der Waals surface area (Å²) in [5.74, 6) is -0.607. The molecule has 0 unspecified atom stereocenters. The van der Waals surface area contributed by atoms with Crippen molar-refractivity contribution in [3.8, 4) is 0 Å². The Labute approximate surface area is 124 Å². The first-order chi connectivity index (χ1) is 7.15. The van der Waals surface area contributed by atoms with E-state index in [1.807, 2.05) is 0 Å². The molecule has 2 fully saturated rings. The van der Waals surface area contributed by atoms with Gasteiger partial charge in [-0.1, -0.05) is 12.8 Å². The zero-order chi connectivity index (χ0) is 10.9. The molecule has 2 rings (SSSR count). The van der Waals surface area contributed by atoms with Gasteiger partial charge in [0, 0.05) is 26.2 Å². The van der Waals surface area contributed by atoms with Crippen molar-refractivity contribution in [1.82, 2.24) is 9.80 Å². The SMILES string of the molecule is Br.Br.CN1CCN(C2(C(=O)O)CCCC2)CC1. The van der Waals surface area contributed by atoms with Crippen molar-refractivity contribution >= 4 is 39.9 Å². The van der Waals surface area contributed by atoms with E-state index in [-0.39, 0.29) is 34.0 Å². The van der Waals surface area contributed by atoms with E-state index < -0.39 is 11.5 Å². The first-order valence-electron chi connectivity index (χ1n) is 5.82. The molecule has 1 aliphatic carbocycles. The first-order valence-corrected chi connectivity index (χ1v) is 5.82. The van der Waals surface area contributed by atoms with E-state index in [9.17, 15) is 9.90 Å². The summed E-state index contributed by atoms with van der Waals surface area (Å²) in [4.78, 5) is 15.9. The molecule has 0 radical (unpaired) electrons. The number of nitrogens with zero attached hydrogens (tertiary/aromatic N) is 2. The van der Waals surface area contributed by atoms with E-state index >= 15 is 0 Å². The van der Waals surface area contributed by atoms with Crippen molar-refractivity contribution in [2.24, 2.45) is 0 Å². The van der Waals surface area contributed by atoms with Gasteiger partial charge in [0.05, 0.1) is 0 Å². The Bertz CT molecular complexity index is 250. The van der Waals surface area contributed by atoms with Crippen LogP contribution < -0.4 is 0 Å². The molecule has 0 atom stereocenters. The van der Waals surface area contributed by atoms with Gasteiger partial charge in [0.2, 0.25) is 0 Å². The summed E-state index contributed by atoms with van der Waals surface area (Å²) < 4.78 is 0. The number of carboxylic acids is 1. The Morgan fingerprint density at radius 3 is 1.94 bits per heavy atom. The molecule has 102 valence electrons. The fourth-order valence-corrected chi connectivity index (χ4v) is 2.86. The summed E-state index contributed by atoms with van der Waals surface area (Å²) in [6.07, 6.45) is 3.81. The summed E-state index contributed by atoms with van der Waals surface area (Å²) in [6, 6.07) is 0. The zero-order valence-electron chi connectivity index (χ0n) is 10.2. The van der Waals surface area contributed by atoms with E-state index in [1.165, 1.54) is 0 Å². The Morgan fingerprint density at radius 2 is 1.53 bits per heavy atom. The minimum Gasteiger partial charge on any atom is -0.480 e. The average Bonchev–Trinajstić information content (AvgIpc) is 2.69. The lowest BCUT2D eigenvalue weighted by molar-refractivity contribution is -0.152. The quantitative estimate of drug-likeness (QED) is 0.801. The molecule has 1 aliphatic heterocycles. The molecule has 0 bridgehead atoms. The monoisotopic (exact) mass is 372 g/mol. The predicted molar refractivity (Wildman–Crippen MR) is 78.5 cm³/mol. The van der Waals surface area contributed by atoms with Crippen LogP contribution in [0, 0.1) is 0 Å². The first kappa shape index (κ1) is 17.4. The third-order valence-electron chi connectivity index (χ3n) is 3.94. The van der Waals surface area contributed by atoms with Gasteiger partial charge in [0.1, 0.15) is 5.54 Å². The average molecular weight is 374 g/mol. The van der Waals surface area contributed by atoms with Gasteiger partial charge in [0.25, 0.3) is 0 Å². The van der Waals surface area contributed by atoms with Gasteiger partial charge in [-0.2, -0.15) is 0 Å². The summed E-state index contributed by atoms with van der Waals surface area (Å²) in [7, 11) is 2.10. The number of piperazine rings is 1. The summed E-state index contributed by atoms with van der Waals surface area (Å²) in [6.45, 7) is 3.80. The number of carboxylic acid groups (broad SMARTS) is 1. The van der Waals surface area contributed by atoms with Crippen LogP contribution in [0.1, 0.15) is 25.7 Å². The van der Waals surface area contributed by atoms with E-state index in [1.54, 1.807) is 0 Å². The lowest BCUT2D eigenvalue weighted by Crippen LogP contribution is -2.59. The number of likely N-dealkylation sites (N-methyl/N-ethyl adjacent to an activating group) is 1. The molecule has 0 aromatic rings. The molecular weight excluding hydrogens is 352 g/mol. The van der Waals surface area contributed by atoms with Crippen molar-refractivity contribution in [3.05, 3.63) is 0 Å². The van der Waals surface area contributed by atoms with Gasteiger partial charge in [-0.15, -0.1) is 34.0 Å². The number of carbonyl (C=O) groups is 1. The van der Waals surface area contributed by atoms with Crippen LogP contribution in [0.25, 0.3) is 0 Å². The van der Waals surface area contributed by atoms with E-state index in [4.69, 9.17) is 0 Å². The van der Waals surface area contributed by atoms with E-state index in [0.717, 1.165) is 51.9 Å². The van der Waals surface area contributed by atoms with Crippen LogP contribution in [0.2, 0.25) is 0 Å². The van der Waals surface area contributed by atoms with Crippen LogP contribution in [-0.2, 0) is 4.79 Å². The second-order valence-electron chi connectivity index (χ2n) is 4.83. The lowest BCUT2D eigenvalue weighted by atomic mass is 9.94. The summed E-state index contributed by atoms with van der Waals surface area (Å²) >= 11 is 0. The maximum absolute atomic E-state index is 11.4. The molecule has 2 aliphatic rings. The molecule has 0 spiro atoms. The Balaban J connectivity index is 0.00000128. The third kappa shape index (κ3) is 3.43. The number of rotatable bonds is 2. The minimum atomic E-state index is -0.607. The van der Waals surface area contributed by atoms with Gasteiger partial charge in [-0.3, -0.25) is 9.69 Å². The molecule has 0 aromatic carbocycles. The fraction of sp³-hybridized carbons (Fsp3) is 0.909. The highest BCUT2D eigenvalue weighted by molar-refractivity contribution is 8.93. The Morgan fingerprint density at radius 1 is 1.06 bits per heavy atom. The normalized spacial score (nSPS) is 24.8. The highest BCUT2D eigenvalue weighted by Crippen LogP contribution is 2.36. The molecule has 0 amide bonds. The number of aliphatic carboxylic acids is 1. The second-order valence-corrected chi connectivity index (χ2v) is 4.83. The van der Waals surface area contributed by atoms with Gasteiger partial charge in [-0.05, 0) is 19.9 Å². The van der Waals surface area contributed by atoms with Crippen molar-refractivity contribution in [3.63, 3.8) is 0 Å². The standard InChI is InChI=1S/C11H20N2O2.2BrH/c1-12-6-8-13(9-7-12)11(10(14)15)4-2-3-5-11;;/h2-9H2,1H3,(H,14,15);2*1H. The van der Waals surface area contributed by atoms with Crippen molar-refractivity contribution < 1.29 is 9.90 Å². The van der Waals surface area contributed by atoms with Crippen molar-refractivity contribution in [2.45, 2.75) is 31.2 Å². The number of halogens is 2. The molecule has 1 saturated heterocycles. The largest absolute Gasteiger partial charge is 0.480 e. The third-order valence-corrected chi connectivity index (χ3v) is 3.94. The highest BCUT2D eigenvalue weighted by Gasteiger charge is 2.46. The van der Waals surface area contributed by atoms with Crippen LogP contribution in [0.3, 0.4) is 0 Å². The minimum absolute atomic E-state index is 0. The molecule has 1 N–H and O–H groups in total. The van der Waals surface area contributed by atoms with Crippen LogP contribution in [0.4, 0.5) is 0 Å². The predicted octanol–water partition coefficient (Wildman–Crippen LogP) is 1.79. The van der Waals surface area contributed by atoms with Crippen LogP contribution >= 0.6 is 34.0 Å². The molecular formula is C11H22Br2N2O2. The van der Waals surface area contributed by atoms with Crippen molar-refractivity contribution in [2.75, 3.05) is 33.2 Å². The molecule has 6 heteroatoms. The van der Waals surface area contributed by atoms with Crippen LogP contribution in [0.15, 0.2) is 0 Å². The van der Waals surface area contributed by atoms with Crippen LogP contribution in [0.5, 0.6) is 0 Å². The molecule has 0 aromatic heterocycles. The summed E-state index contributed by atoms with van der Waals surface area (Å²) in [5.41, 5.74) is -0.527. The second kappa shape index (κ2) is 7.07. The maximum atomic E-state index is 11.4. The van der Waals surface area contributed by atoms with Gasteiger partial charge < -0.3 is 10.0 Å². The molecule has 4 nitrogen and oxygen atoms in total. The lowest BCUT2D eigenvalue weighted by Gasteiger charge is -2.42. The Kier molecular flexibility index (Phi) is 7.21. The van der Waals surface area contributed by atoms with Crippen LogP contribution in [-0.4, -0.2) is 59.6 Å².